The summed E-state index contributed by atoms with van der Waals surface area (Å²) in [6.07, 6.45) is 2.55. The van der Waals surface area contributed by atoms with Gasteiger partial charge >= 0.3 is 6.23 Å². The van der Waals surface area contributed by atoms with Crippen molar-refractivity contribution >= 4 is 11.6 Å². The smallest absolute Gasteiger partial charge is 0.310 e. The van der Waals surface area contributed by atoms with Crippen molar-refractivity contribution in [1.29, 1.82) is 0 Å². The Morgan fingerprint density at radius 1 is 1.29 bits per heavy atom. The molecule has 1 spiro atoms. The van der Waals surface area contributed by atoms with Crippen LogP contribution in [0, 0.1) is 22.0 Å². The zero-order valence-electron chi connectivity index (χ0n) is 15.4. The van der Waals surface area contributed by atoms with Crippen LogP contribution < -0.4 is 4.90 Å². The molecule has 0 radical (unpaired) electrons. The van der Waals surface area contributed by atoms with Crippen LogP contribution in [0.2, 0.25) is 0 Å². The van der Waals surface area contributed by atoms with Gasteiger partial charge in [-0.1, -0.05) is 18.2 Å². The van der Waals surface area contributed by atoms with E-state index in [2.05, 4.69) is 28.0 Å². The monoisotopic (exact) mass is 379 g/mol. The van der Waals surface area contributed by atoms with Gasteiger partial charge in [-0.3, -0.25) is 19.8 Å². The lowest BCUT2D eigenvalue weighted by Gasteiger charge is -2.58. The van der Waals surface area contributed by atoms with Crippen LogP contribution >= 0.6 is 0 Å². The summed E-state index contributed by atoms with van der Waals surface area (Å²) >= 11 is 0. The Labute approximate surface area is 162 Å². The summed E-state index contributed by atoms with van der Waals surface area (Å²) in [5.74, 6) is 0.467. The summed E-state index contributed by atoms with van der Waals surface area (Å²) in [6, 6.07) is 8.86. The number of piperidine rings is 2. The molecule has 5 heterocycles. The van der Waals surface area contributed by atoms with Gasteiger partial charge in [-0.25, -0.2) is 0 Å². The third kappa shape index (κ3) is 1.56. The first-order valence-corrected chi connectivity index (χ1v) is 10.2. The number of para-hydroxylation sites is 1. The van der Waals surface area contributed by atoms with Gasteiger partial charge in [-0.05, 0) is 42.5 Å². The molecule has 7 nitrogen and oxygen atoms in total. The molecule has 1 aromatic carbocycles. The number of hydrogen-bond donors (Lipinski definition) is 0. The summed E-state index contributed by atoms with van der Waals surface area (Å²) in [7, 11) is 0. The van der Waals surface area contributed by atoms with Crippen LogP contribution in [-0.2, 0) is 14.9 Å². The Hall–Kier alpha value is -2.25. The number of carbonyl (C=O) groups is 1. The van der Waals surface area contributed by atoms with Crippen molar-refractivity contribution in [3.05, 3.63) is 51.6 Å². The van der Waals surface area contributed by atoms with Crippen molar-refractivity contribution in [3.8, 4) is 0 Å². The van der Waals surface area contributed by atoms with Crippen molar-refractivity contribution < 1.29 is 14.5 Å². The van der Waals surface area contributed by atoms with Gasteiger partial charge in [-0.2, -0.15) is 0 Å². The quantitative estimate of drug-likeness (QED) is 0.422. The normalized spacial score (nSPS) is 44.8. The lowest BCUT2D eigenvalue weighted by atomic mass is 9.53. The fourth-order valence-electron chi connectivity index (χ4n) is 7.67. The van der Waals surface area contributed by atoms with Crippen LogP contribution in [0.3, 0.4) is 0 Å². The molecule has 3 saturated heterocycles. The van der Waals surface area contributed by atoms with Gasteiger partial charge in [0.2, 0.25) is 5.91 Å². The Balaban J connectivity index is 1.50. The Morgan fingerprint density at radius 3 is 3.00 bits per heavy atom. The van der Waals surface area contributed by atoms with Gasteiger partial charge in [0.25, 0.3) is 0 Å². The highest BCUT2D eigenvalue weighted by atomic mass is 16.7. The van der Waals surface area contributed by atoms with Gasteiger partial charge in [0.15, 0.2) is 0 Å². The molecular weight excluding hydrogens is 358 g/mol. The van der Waals surface area contributed by atoms with E-state index in [1.54, 1.807) is 6.08 Å². The Morgan fingerprint density at radius 2 is 2.14 bits per heavy atom. The van der Waals surface area contributed by atoms with Crippen LogP contribution in [0.25, 0.3) is 0 Å². The number of rotatable bonds is 1. The van der Waals surface area contributed by atoms with Gasteiger partial charge in [0, 0.05) is 35.7 Å². The third-order valence-electron chi connectivity index (χ3n) is 8.44. The number of ether oxygens (including phenoxy) is 1. The van der Waals surface area contributed by atoms with Crippen LogP contribution in [0.1, 0.15) is 24.8 Å². The van der Waals surface area contributed by atoms with E-state index in [9.17, 15) is 14.9 Å². The van der Waals surface area contributed by atoms with E-state index < -0.39 is 6.23 Å². The lowest BCUT2D eigenvalue weighted by Crippen LogP contribution is -2.69. The highest BCUT2D eigenvalue weighted by Crippen LogP contribution is 2.65. The molecule has 6 aliphatic rings. The number of nitrogens with zero attached hydrogens (tertiary/aromatic N) is 3. The van der Waals surface area contributed by atoms with Crippen molar-refractivity contribution in [2.75, 3.05) is 18.0 Å². The minimum atomic E-state index is -1.14. The minimum absolute atomic E-state index is 0.0547. The standard InChI is InChI=1S/C21H21N3O4/c25-17-9-15-19-12-8-16-21(13-3-1-2-4-14(13)23(17)20(19)21)5-6-22(16)10-11(12)7-18(28-15)24(26)27/h1-4,7,12,15-16,18-20H,5-6,8-10H2/t12-,15?,16-,18?,19-,20?,21?/m0/s1. The van der Waals surface area contributed by atoms with Gasteiger partial charge in [0.1, 0.15) is 0 Å². The van der Waals surface area contributed by atoms with Gasteiger partial charge in [0.05, 0.1) is 23.5 Å². The number of benzene rings is 1. The van der Waals surface area contributed by atoms with Crippen molar-refractivity contribution in [3.63, 3.8) is 0 Å². The maximum absolute atomic E-state index is 13.3. The number of amides is 1. The average Bonchev–Trinajstić information content (AvgIpc) is 3.16. The molecule has 1 aromatic rings. The van der Waals surface area contributed by atoms with E-state index >= 15 is 0 Å². The predicted octanol–water partition coefficient (Wildman–Crippen LogP) is 1.70. The van der Waals surface area contributed by atoms with Crippen molar-refractivity contribution in [1.82, 2.24) is 4.90 Å². The first kappa shape index (κ1) is 15.6. The molecule has 2 bridgehead atoms. The zero-order valence-corrected chi connectivity index (χ0v) is 15.4. The predicted molar refractivity (Wildman–Crippen MR) is 99.3 cm³/mol. The SMILES string of the molecule is O=C1CC2OC([N+](=O)[O-])C=C3CN4CCC56c7ccccc7N1C5[C@H]2[C@H]3C[C@H]46. The molecule has 5 aliphatic heterocycles. The highest BCUT2D eigenvalue weighted by Gasteiger charge is 2.71. The molecule has 7 atom stereocenters. The maximum atomic E-state index is 13.3. The maximum Gasteiger partial charge on any atom is 0.335 e. The van der Waals surface area contributed by atoms with Crippen LogP contribution in [0.15, 0.2) is 35.9 Å². The molecule has 4 unspecified atom stereocenters. The van der Waals surface area contributed by atoms with E-state index in [0.717, 1.165) is 37.2 Å². The molecule has 4 fully saturated rings. The number of fused-ring (bicyclic) bond motifs is 2. The van der Waals surface area contributed by atoms with E-state index in [4.69, 9.17) is 4.74 Å². The van der Waals surface area contributed by atoms with Crippen molar-refractivity contribution in [2.45, 2.75) is 49.1 Å². The zero-order chi connectivity index (χ0) is 18.8. The Bertz CT molecular complexity index is 976. The molecule has 1 aliphatic carbocycles. The van der Waals surface area contributed by atoms with E-state index in [1.807, 2.05) is 6.07 Å². The molecule has 1 saturated carbocycles. The fourth-order valence-corrected chi connectivity index (χ4v) is 7.67. The Kier molecular flexibility index (Phi) is 2.70. The fraction of sp³-hybridized carbons (Fsp3) is 0.571. The van der Waals surface area contributed by atoms with E-state index in [-0.39, 0.29) is 46.6 Å². The largest absolute Gasteiger partial charge is 0.335 e. The molecule has 0 N–H and O–H groups in total. The lowest BCUT2D eigenvalue weighted by molar-refractivity contribution is -0.565. The van der Waals surface area contributed by atoms with Crippen LogP contribution in [0.4, 0.5) is 5.69 Å². The van der Waals surface area contributed by atoms with Crippen molar-refractivity contribution in [2.24, 2.45) is 11.8 Å². The summed E-state index contributed by atoms with van der Waals surface area (Å²) in [4.78, 5) is 29.1. The summed E-state index contributed by atoms with van der Waals surface area (Å²) in [6.45, 7) is 1.79. The number of carbonyl (C=O) groups excluding carboxylic acids is 1. The topological polar surface area (TPSA) is 75.9 Å². The summed E-state index contributed by atoms with van der Waals surface area (Å²) < 4.78 is 6.02. The first-order valence-electron chi connectivity index (χ1n) is 10.2. The minimum Gasteiger partial charge on any atom is -0.310 e. The van der Waals surface area contributed by atoms with Gasteiger partial charge in [-0.15, -0.1) is 0 Å². The number of anilines is 1. The highest BCUT2D eigenvalue weighted by molar-refractivity contribution is 5.99. The number of hydrogen-bond acceptors (Lipinski definition) is 5. The molecule has 28 heavy (non-hydrogen) atoms. The third-order valence-corrected chi connectivity index (χ3v) is 8.44. The molecule has 0 aromatic heterocycles. The first-order chi connectivity index (χ1) is 13.6. The second kappa shape index (κ2) is 4.83. The van der Waals surface area contributed by atoms with Crippen LogP contribution in [-0.4, -0.2) is 53.2 Å². The number of nitro groups is 1. The molecule has 7 rings (SSSR count). The van der Waals surface area contributed by atoms with Gasteiger partial charge < -0.3 is 9.64 Å². The summed E-state index contributed by atoms with van der Waals surface area (Å²) in [5.41, 5.74) is 3.47. The average molecular weight is 379 g/mol. The second-order valence-electron chi connectivity index (χ2n) is 9.22. The molecule has 144 valence electrons. The van der Waals surface area contributed by atoms with E-state index in [1.165, 1.54) is 5.56 Å². The second-order valence-corrected chi connectivity index (χ2v) is 9.22. The molecule has 1 amide bonds. The molecular formula is C21H21N3O4. The molecule has 7 heteroatoms. The van der Waals surface area contributed by atoms with Crippen LogP contribution in [0.5, 0.6) is 0 Å². The van der Waals surface area contributed by atoms with E-state index in [0.29, 0.717) is 6.04 Å². The summed E-state index contributed by atoms with van der Waals surface area (Å²) in [5, 5.41) is 11.6.